The summed E-state index contributed by atoms with van der Waals surface area (Å²) >= 11 is 0. The van der Waals surface area contributed by atoms with E-state index in [2.05, 4.69) is 36.3 Å². The first-order valence-electron chi connectivity index (χ1n) is 12.4. The first-order valence-corrected chi connectivity index (χ1v) is 12.4. The molecule has 1 aromatic carbocycles. The van der Waals surface area contributed by atoms with Crippen molar-refractivity contribution in [2.45, 2.75) is 78.2 Å². The first-order chi connectivity index (χ1) is 16.2. The summed E-state index contributed by atoms with van der Waals surface area (Å²) in [4.78, 5) is 26.6. The largest absolute Gasteiger partial charge is 0.465 e. The van der Waals surface area contributed by atoms with E-state index in [0.717, 1.165) is 31.9 Å². The van der Waals surface area contributed by atoms with E-state index >= 15 is 0 Å². The summed E-state index contributed by atoms with van der Waals surface area (Å²) in [7, 11) is 0. The van der Waals surface area contributed by atoms with Gasteiger partial charge in [-0.3, -0.25) is 9.69 Å². The predicted octanol–water partition coefficient (Wildman–Crippen LogP) is 5.13. The molecule has 1 aliphatic heterocycles. The van der Waals surface area contributed by atoms with E-state index in [4.69, 9.17) is 0 Å². The van der Waals surface area contributed by atoms with Gasteiger partial charge < -0.3 is 15.7 Å². The van der Waals surface area contributed by atoms with Crippen molar-refractivity contribution in [1.29, 1.82) is 0 Å². The van der Waals surface area contributed by atoms with Gasteiger partial charge in [-0.2, -0.15) is 13.2 Å². The number of amides is 2. The first kappa shape index (κ1) is 27.3. The van der Waals surface area contributed by atoms with Crippen LogP contribution < -0.4 is 10.6 Å². The fourth-order valence-electron chi connectivity index (χ4n) is 5.97. The van der Waals surface area contributed by atoms with E-state index in [-0.39, 0.29) is 29.2 Å². The van der Waals surface area contributed by atoms with Crippen molar-refractivity contribution >= 4 is 12.0 Å². The molecule has 2 fully saturated rings. The summed E-state index contributed by atoms with van der Waals surface area (Å²) in [6, 6.07) is 4.56. The molecule has 1 heterocycles. The van der Waals surface area contributed by atoms with E-state index < -0.39 is 23.9 Å². The van der Waals surface area contributed by atoms with Crippen LogP contribution >= 0.6 is 0 Å². The third-order valence-corrected chi connectivity index (χ3v) is 7.13. The van der Waals surface area contributed by atoms with Gasteiger partial charge in [0.1, 0.15) is 6.04 Å². The van der Waals surface area contributed by atoms with Crippen LogP contribution in [-0.4, -0.2) is 47.2 Å². The van der Waals surface area contributed by atoms with Crippen LogP contribution in [0.3, 0.4) is 0 Å². The molecule has 0 aromatic heterocycles. The Bertz CT molecular complexity index is 900. The standard InChI is InChI=1S/C26H38F3N3O3/c1-16(12-25(2,3)4)10-22(31-24(34)35)23(33)30-21-9-8-18-14-32(15-20(18)21)13-17-6-5-7-19(11-17)26(27,28)29/h5-7,11,16,18,20-22,31H,8-10,12-15H2,1-4H3,(H,30,33)(H,34,35)/t16-,18+,20-,21-,22?/m0/s1. The smallest absolute Gasteiger partial charge is 0.416 e. The monoisotopic (exact) mass is 497 g/mol. The number of fused-ring (bicyclic) bond motifs is 1. The van der Waals surface area contributed by atoms with Crippen molar-refractivity contribution < 1.29 is 27.9 Å². The van der Waals surface area contributed by atoms with Gasteiger partial charge in [0.2, 0.25) is 5.91 Å². The molecule has 0 bridgehead atoms. The molecule has 5 atom stereocenters. The molecule has 1 saturated heterocycles. The van der Waals surface area contributed by atoms with Gasteiger partial charge in [0, 0.05) is 25.7 Å². The number of hydrogen-bond acceptors (Lipinski definition) is 3. The van der Waals surface area contributed by atoms with Crippen molar-refractivity contribution in [2.24, 2.45) is 23.2 Å². The lowest BCUT2D eigenvalue weighted by Gasteiger charge is -2.28. The maximum absolute atomic E-state index is 13.1. The quantitative estimate of drug-likeness (QED) is 0.465. The minimum absolute atomic E-state index is 0.0602. The average Bonchev–Trinajstić information content (AvgIpc) is 3.26. The van der Waals surface area contributed by atoms with Gasteiger partial charge in [-0.05, 0) is 60.5 Å². The molecular weight excluding hydrogens is 459 g/mol. The van der Waals surface area contributed by atoms with Crippen LogP contribution in [0.5, 0.6) is 0 Å². The molecule has 1 saturated carbocycles. The molecule has 2 amide bonds. The van der Waals surface area contributed by atoms with Crippen molar-refractivity contribution in [2.75, 3.05) is 13.1 Å². The Kier molecular flexibility index (Phi) is 8.40. The second-order valence-electron chi connectivity index (χ2n) is 11.6. The van der Waals surface area contributed by atoms with E-state index in [1.54, 1.807) is 6.07 Å². The number of carboxylic acid groups (broad SMARTS) is 1. The normalized spacial score (nSPS) is 24.6. The van der Waals surface area contributed by atoms with Crippen LogP contribution in [0.25, 0.3) is 0 Å². The van der Waals surface area contributed by atoms with Crippen LogP contribution in [-0.2, 0) is 17.5 Å². The Morgan fingerprint density at radius 3 is 2.51 bits per heavy atom. The number of carbonyl (C=O) groups is 2. The van der Waals surface area contributed by atoms with Gasteiger partial charge >= 0.3 is 12.3 Å². The zero-order valence-corrected chi connectivity index (χ0v) is 21.0. The Morgan fingerprint density at radius 2 is 1.89 bits per heavy atom. The highest BCUT2D eigenvalue weighted by atomic mass is 19.4. The van der Waals surface area contributed by atoms with Crippen LogP contribution in [0.1, 0.15) is 64.5 Å². The van der Waals surface area contributed by atoms with E-state index in [0.29, 0.717) is 31.0 Å². The molecule has 1 aliphatic carbocycles. The van der Waals surface area contributed by atoms with E-state index in [1.165, 1.54) is 12.1 Å². The fourth-order valence-corrected chi connectivity index (χ4v) is 5.97. The summed E-state index contributed by atoms with van der Waals surface area (Å²) < 4.78 is 39.2. The second-order valence-corrected chi connectivity index (χ2v) is 11.6. The van der Waals surface area contributed by atoms with Crippen LogP contribution in [0.4, 0.5) is 18.0 Å². The highest BCUT2D eigenvalue weighted by Gasteiger charge is 2.43. The Morgan fingerprint density at radius 1 is 1.17 bits per heavy atom. The van der Waals surface area contributed by atoms with Gasteiger partial charge in [-0.25, -0.2) is 4.79 Å². The number of carbonyl (C=O) groups excluding carboxylic acids is 1. The Hall–Kier alpha value is -2.29. The van der Waals surface area contributed by atoms with Crippen molar-refractivity contribution in [3.05, 3.63) is 35.4 Å². The van der Waals surface area contributed by atoms with E-state index in [1.807, 2.05) is 6.92 Å². The minimum atomic E-state index is -4.36. The molecule has 6 nitrogen and oxygen atoms in total. The zero-order valence-electron chi connectivity index (χ0n) is 21.0. The predicted molar refractivity (Wildman–Crippen MR) is 128 cm³/mol. The number of halogens is 3. The van der Waals surface area contributed by atoms with Gasteiger partial charge in [-0.15, -0.1) is 0 Å². The molecular formula is C26H38F3N3O3. The number of nitrogens with one attached hydrogen (secondary N) is 2. The Balaban J connectivity index is 1.59. The fraction of sp³-hybridized carbons (Fsp3) is 0.692. The molecule has 1 unspecified atom stereocenters. The maximum Gasteiger partial charge on any atom is 0.416 e. The number of benzene rings is 1. The van der Waals surface area contributed by atoms with Gasteiger partial charge in [0.05, 0.1) is 5.56 Å². The molecule has 0 radical (unpaired) electrons. The summed E-state index contributed by atoms with van der Waals surface area (Å²) in [6.07, 6.45) is -2.51. The number of rotatable bonds is 8. The van der Waals surface area contributed by atoms with Gasteiger partial charge in [0.15, 0.2) is 0 Å². The van der Waals surface area contributed by atoms with Crippen molar-refractivity contribution in [3.63, 3.8) is 0 Å². The number of alkyl halides is 3. The second kappa shape index (κ2) is 10.8. The number of nitrogens with zero attached hydrogens (tertiary/aromatic N) is 1. The molecule has 1 aromatic rings. The van der Waals surface area contributed by atoms with Gasteiger partial charge in [0.25, 0.3) is 0 Å². The third kappa shape index (κ3) is 7.85. The minimum Gasteiger partial charge on any atom is -0.465 e. The molecule has 196 valence electrons. The van der Waals surface area contributed by atoms with Crippen molar-refractivity contribution in [1.82, 2.24) is 15.5 Å². The lowest BCUT2D eigenvalue weighted by Crippen LogP contribution is -2.51. The topological polar surface area (TPSA) is 81.7 Å². The molecule has 2 aliphatic rings. The highest BCUT2D eigenvalue weighted by Crippen LogP contribution is 2.39. The van der Waals surface area contributed by atoms with E-state index in [9.17, 15) is 27.9 Å². The van der Waals surface area contributed by atoms with Gasteiger partial charge in [-0.1, -0.05) is 45.9 Å². The number of likely N-dealkylation sites (tertiary alicyclic amines) is 1. The highest BCUT2D eigenvalue weighted by molar-refractivity contribution is 5.85. The Labute approximate surface area is 205 Å². The summed E-state index contributed by atoms with van der Waals surface area (Å²) in [5, 5.41) is 14.8. The lowest BCUT2D eigenvalue weighted by atomic mass is 9.83. The van der Waals surface area contributed by atoms with Crippen LogP contribution in [0, 0.1) is 23.2 Å². The number of hydrogen-bond donors (Lipinski definition) is 3. The maximum atomic E-state index is 13.1. The average molecular weight is 498 g/mol. The summed E-state index contributed by atoms with van der Waals surface area (Å²) in [6.45, 7) is 10.3. The molecule has 3 N–H and O–H groups in total. The molecule has 35 heavy (non-hydrogen) atoms. The molecule has 9 heteroatoms. The molecule has 3 rings (SSSR count). The lowest BCUT2D eigenvalue weighted by molar-refractivity contribution is -0.137. The van der Waals surface area contributed by atoms with Crippen LogP contribution in [0.2, 0.25) is 0 Å². The summed E-state index contributed by atoms with van der Waals surface area (Å²) in [5.74, 6) is 0.456. The van der Waals surface area contributed by atoms with Crippen molar-refractivity contribution in [3.8, 4) is 0 Å². The zero-order chi connectivity index (χ0) is 26.0. The van der Waals surface area contributed by atoms with Crippen LogP contribution in [0.15, 0.2) is 24.3 Å². The third-order valence-electron chi connectivity index (χ3n) is 7.13. The molecule has 0 spiro atoms. The SMILES string of the molecule is C[C@@H](CC(NC(=O)O)C(=O)N[C@H]1CC[C@@H]2CN(Cc3cccc(C(F)(F)F)c3)C[C@@H]21)CC(C)(C)C. The summed E-state index contributed by atoms with van der Waals surface area (Å²) in [5.41, 5.74) is 0.0612.